The summed E-state index contributed by atoms with van der Waals surface area (Å²) in [6.07, 6.45) is 13.5. The predicted octanol–water partition coefficient (Wildman–Crippen LogP) is 3.98. The minimum Gasteiger partial charge on any atom is -0.313 e. The van der Waals surface area contributed by atoms with Crippen LogP contribution in [-0.4, -0.2) is 12.6 Å². The maximum Gasteiger partial charge on any atom is 0.00955 e. The molecule has 0 radical (unpaired) electrons. The van der Waals surface area contributed by atoms with Crippen LogP contribution in [0.2, 0.25) is 0 Å². The van der Waals surface area contributed by atoms with Gasteiger partial charge in [0.1, 0.15) is 0 Å². The summed E-state index contributed by atoms with van der Waals surface area (Å²) in [6.45, 7) is 3.77. The lowest BCUT2D eigenvalue weighted by atomic mass is 9.68. The minimum atomic E-state index is 0.891. The summed E-state index contributed by atoms with van der Waals surface area (Å²) in [5.41, 5.74) is 0. The van der Waals surface area contributed by atoms with E-state index in [1.807, 2.05) is 0 Å². The molecule has 2 saturated carbocycles. The van der Waals surface area contributed by atoms with Crippen LogP contribution >= 0.6 is 0 Å². The second-order valence-corrected chi connectivity index (χ2v) is 7.08. The van der Waals surface area contributed by atoms with E-state index in [0.29, 0.717) is 0 Å². The summed E-state index contributed by atoms with van der Waals surface area (Å²) >= 11 is 0. The minimum absolute atomic E-state index is 0.891. The van der Waals surface area contributed by atoms with Crippen molar-refractivity contribution in [1.29, 1.82) is 0 Å². The van der Waals surface area contributed by atoms with E-state index in [1.165, 1.54) is 57.9 Å². The van der Waals surface area contributed by atoms with Gasteiger partial charge < -0.3 is 5.32 Å². The van der Waals surface area contributed by atoms with Crippen molar-refractivity contribution in [2.75, 3.05) is 6.54 Å². The molecular formula is C16H29N. The third-order valence-corrected chi connectivity index (χ3v) is 5.88. The lowest BCUT2D eigenvalue weighted by molar-refractivity contribution is 0.106. The fourth-order valence-electron chi connectivity index (χ4n) is 4.65. The molecule has 0 amide bonds. The predicted molar refractivity (Wildman–Crippen MR) is 73.0 cm³/mol. The summed E-state index contributed by atoms with van der Waals surface area (Å²) in [7, 11) is 0. The van der Waals surface area contributed by atoms with Gasteiger partial charge in [-0.2, -0.15) is 0 Å². The summed E-state index contributed by atoms with van der Waals surface area (Å²) in [5, 5.41) is 3.88. The van der Waals surface area contributed by atoms with E-state index in [-0.39, 0.29) is 0 Å². The molecule has 3 aliphatic rings. The molecule has 1 heterocycles. The van der Waals surface area contributed by atoms with Crippen LogP contribution in [0.3, 0.4) is 0 Å². The first kappa shape index (κ1) is 12.0. The maximum absolute atomic E-state index is 3.88. The van der Waals surface area contributed by atoms with Gasteiger partial charge in [-0.25, -0.2) is 0 Å². The highest BCUT2D eigenvalue weighted by Crippen LogP contribution is 2.40. The van der Waals surface area contributed by atoms with E-state index < -0.39 is 0 Å². The fraction of sp³-hybridized carbons (Fsp3) is 1.00. The van der Waals surface area contributed by atoms with Gasteiger partial charge >= 0.3 is 0 Å². The Balaban J connectivity index is 1.54. The van der Waals surface area contributed by atoms with Crippen LogP contribution in [0.25, 0.3) is 0 Å². The van der Waals surface area contributed by atoms with Gasteiger partial charge in [-0.1, -0.05) is 32.6 Å². The lowest BCUT2D eigenvalue weighted by Crippen LogP contribution is -2.48. The second kappa shape index (κ2) is 5.30. The highest BCUT2D eigenvalue weighted by molar-refractivity contribution is 4.91. The molecule has 0 aromatic carbocycles. The van der Waals surface area contributed by atoms with Crippen molar-refractivity contribution in [3.05, 3.63) is 0 Å². The maximum atomic E-state index is 3.88. The summed E-state index contributed by atoms with van der Waals surface area (Å²) in [5.74, 6) is 4.11. The molecule has 2 aliphatic carbocycles. The average molecular weight is 235 g/mol. The summed E-state index contributed by atoms with van der Waals surface area (Å²) in [4.78, 5) is 0. The molecule has 0 aromatic heterocycles. The first-order valence-corrected chi connectivity index (χ1v) is 8.06. The summed E-state index contributed by atoms with van der Waals surface area (Å²) < 4.78 is 0. The van der Waals surface area contributed by atoms with Crippen molar-refractivity contribution in [2.45, 2.75) is 70.8 Å². The molecule has 98 valence electrons. The molecule has 1 saturated heterocycles. The Morgan fingerprint density at radius 1 is 0.765 bits per heavy atom. The third-order valence-electron chi connectivity index (χ3n) is 5.88. The first-order chi connectivity index (χ1) is 8.33. The standard InChI is InChI=1S/C16H29N/c1-12-6-8-13(9-7-12)15-10-14-4-2-3-5-16(14)17-11-15/h12-17H,2-11H2,1H3. The van der Waals surface area contributed by atoms with Crippen LogP contribution in [0, 0.1) is 23.7 Å². The molecule has 0 spiro atoms. The van der Waals surface area contributed by atoms with Crippen LogP contribution in [0.5, 0.6) is 0 Å². The highest BCUT2D eigenvalue weighted by Gasteiger charge is 2.35. The van der Waals surface area contributed by atoms with Crippen molar-refractivity contribution in [3.63, 3.8) is 0 Å². The van der Waals surface area contributed by atoms with Gasteiger partial charge in [0.15, 0.2) is 0 Å². The van der Waals surface area contributed by atoms with Crippen molar-refractivity contribution in [1.82, 2.24) is 5.32 Å². The Bertz CT molecular complexity index is 242. The van der Waals surface area contributed by atoms with E-state index in [0.717, 1.165) is 29.7 Å². The van der Waals surface area contributed by atoms with E-state index >= 15 is 0 Å². The molecule has 3 unspecified atom stereocenters. The molecule has 0 aromatic rings. The number of nitrogens with one attached hydrogen (secondary N) is 1. The molecule has 1 aliphatic heterocycles. The van der Waals surface area contributed by atoms with E-state index in [2.05, 4.69) is 12.2 Å². The molecule has 1 heteroatoms. The third kappa shape index (κ3) is 2.70. The molecular weight excluding hydrogens is 206 g/mol. The SMILES string of the molecule is CC1CCC(C2CNC3CCCCC3C2)CC1. The molecule has 1 nitrogen and oxygen atoms in total. The van der Waals surface area contributed by atoms with Crippen LogP contribution in [0.4, 0.5) is 0 Å². The topological polar surface area (TPSA) is 12.0 Å². The Morgan fingerprint density at radius 3 is 2.35 bits per heavy atom. The number of hydrogen-bond donors (Lipinski definition) is 1. The summed E-state index contributed by atoms with van der Waals surface area (Å²) in [6, 6.07) is 0.891. The monoisotopic (exact) mass is 235 g/mol. The Kier molecular flexibility index (Phi) is 3.75. The largest absolute Gasteiger partial charge is 0.313 e. The zero-order chi connectivity index (χ0) is 11.7. The van der Waals surface area contributed by atoms with Gasteiger partial charge in [-0.15, -0.1) is 0 Å². The van der Waals surface area contributed by atoms with E-state index in [4.69, 9.17) is 0 Å². The number of rotatable bonds is 1. The smallest absolute Gasteiger partial charge is 0.00955 e. The quantitative estimate of drug-likeness (QED) is 0.725. The lowest BCUT2D eigenvalue weighted by Gasteiger charge is -2.44. The zero-order valence-corrected chi connectivity index (χ0v) is 11.5. The van der Waals surface area contributed by atoms with E-state index in [1.54, 1.807) is 6.42 Å². The van der Waals surface area contributed by atoms with Gasteiger partial charge in [0.05, 0.1) is 0 Å². The van der Waals surface area contributed by atoms with Crippen LogP contribution in [0.15, 0.2) is 0 Å². The van der Waals surface area contributed by atoms with E-state index in [9.17, 15) is 0 Å². The van der Waals surface area contributed by atoms with Crippen molar-refractivity contribution < 1.29 is 0 Å². The molecule has 3 atom stereocenters. The van der Waals surface area contributed by atoms with Gasteiger partial charge in [0.25, 0.3) is 0 Å². The highest BCUT2D eigenvalue weighted by atomic mass is 14.9. The van der Waals surface area contributed by atoms with Crippen molar-refractivity contribution in [3.8, 4) is 0 Å². The molecule has 0 bridgehead atoms. The Hall–Kier alpha value is -0.0400. The number of hydrogen-bond acceptors (Lipinski definition) is 1. The number of piperidine rings is 1. The average Bonchev–Trinajstić information content (AvgIpc) is 2.39. The van der Waals surface area contributed by atoms with Crippen LogP contribution in [0.1, 0.15) is 64.7 Å². The Labute approximate surface area is 107 Å². The molecule has 3 rings (SSSR count). The molecule has 1 N–H and O–H groups in total. The van der Waals surface area contributed by atoms with Crippen LogP contribution in [-0.2, 0) is 0 Å². The van der Waals surface area contributed by atoms with Gasteiger partial charge in [0, 0.05) is 6.04 Å². The zero-order valence-electron chi connectivity index (χ0n) is 11.5. The van der Waals surface area contributed by atoms with Crippen molar-refractivity contribution >= 4 is 0 Å². The number of fused-ring (bicyclic) bond motifs is 1. The van der Waals surface area contributed by atoms with Gasteiger partial charge in [-0.3, -0.25) is 0 Å². The second-order valence-electron chi connectivity index (χ2n) is 7.08. The van der Waals surface area contributed by atoms with Gasteiger partial charge in [-0.05, 0) is 62.3 Å². The molecule has 3 fully saturated rings. The van der Waals surface area contributed by atoms with Crippen molar-refractivity contribution in [2.24, 2.45) is 23.7 Å². The normalized spacial score (nSPS) is 47.5. The fourth-order valence-corrected chi connectivity index (χ4v) is 4.65. The van der Waals surface area contributed by atoms with Gasteiger partial charge in [0.2, 0.25) is 0 Å². The van der Waals surface area contributed by atoms with Crippen LogP contribution < -0.4 is 5.32 Å². The Morgan fingerprint density at radius 2 is 1.53 bits per heavy atom. The first-order valence-electron chi connectivity index (χ1n) is 8.06. The molecule has 17 heavy (non-hydrogen) atoms.